The summed E-state index contributed by atoms with van der Waals surface area (Å²) in [6, 6.07) is 2.79. The van der Waals surface area contributed by atoms with E-state index >= 15 is 0 Å². The van der Waals surface area contributed by atoms with Crippen molar-refractivity contribution < 1.29 is 49.0 Å². The lowest BCUT2D eigenvalue weighted by Gasteiger charge is -2.44. The van der Waals surface area contributed by atoms with E-state index in [0.29, 0.717) is 18.6 Å². The molecule has 2 aromatic carbocycles. The van der Waals surface area contributed by atoms with Gasteiger partial charge in [0.15, 0.2) is 0 Å². The summed E-state index contributed by atoms with van der Waals surface area (Å²) in [5, 5.41) is 11.8. The van der Waals surface area contributed by atoms with Crippen LogP contribution in [0.15, 0.2) is 36.4 Å². The van der Waals surface area contributed by atoms with Crippen molar-refractivity contribution in [2.45, 2.75) is 57.1 Å². The Labute approximate surface area is 251 Å². The third kappa shape index (κ3) is 7.96. The highest BCUT2D eigenvalue weighted by atomic mass is 19.4. The van der Waals surface area contributed by atoms with Gasteiger partial charge in [-0.2, -0.15) is 31.1 Å². The number of anilines is 2. The molecule has 0 spiro atoms. The zero-order valence-electron chi connectivity index (χ0n) is 24.3. The molecule has 2 heterocycles. The van der Waals surface area contributed by atoms with Gasteiger partial charge in [-0.1, -0.05) is 12.0 Å². The Morgan fingerprint density at radius 2 is 1.60 bits per heavy atom. The number of aryl methyl sites for hydroxylation is 1. The number of tetrazole rings is 1. The second-order valence-corrected chi connectivity index (χ2v) is 10.7. The molecule has 1 aromatic heterocycles. The van der Waals surface area contributed by atoms with E-state index in [-0.39, 0.29) is 42.1 Å². The Balaban J connectivity index is 1.92. The summed E-state index contributed by atoms with van der Waals surface area (Å²) >= 11 is 0. The van der Waals surface area contributed by atoms with Crippen molar-refractivity contribution in [2.24, 2.45) is 7.05 Å². The Bertz CT molecular complexity index is 1490. The fraction of sp³-hybridized carbons (Fsp3) is 0.481. The Morgan fingerprint density at radius 1 is 0.978 bits per heavy atom. The highest BCUT2D eigenvalue weighted by Gasteiger charge is 2.41. The molecule has 0 N–H and O–H groups in total. The Kier molecular flexibility index (Phi) is 9.28. The van der Waals surface area contributed by atoms with Crippen LogP contribution in [0, 0.1) is 0 Å². The number of carbonyl (C=O) groups is 1. The lowest BCUT2D eigenvalue weighted by molar-refractivity contribution is -0.274. The smallest absolute Gasteiger partial charge is 0.406 e. The first kappa shape index (κ1) is 33.8. The number of rotatable bonds is 8. The van der Waals surface area contributed by atoms with Crippen LogP contribution in [-0.4, -0.2) is 64.1 Å². The molecular formula is C27H28F9N7O2. The predicted octanol–water partition coefficient (Wildman–Crippen LogP) is 5.97. The first-order valence-electron chi connectivity index (χ1n) is 13.4. The highest BCUT2D eigenvalue weighted by Crippen LogP contribution is 2.45. The molecule has 2 unspecified atom stereocenters. The van der Waals surface area contributed by atoms with Gasteiger partial charge in [0.1, 0.15) is 5.75 Å². The minimum atomic E-state index is -5.12. The number of hydrogen-bond donors (Lipinski definition) is 0. The Morgan fingerprint density at radius 3 is 2.09 bits per heavy atom. The number of alkyl halides is 9. The summed E-state index contributed by atoms with van der Waals surface area (Å²) in [6.07, 6.45) is -15.0. The first-order chi connectivity index (χ1) is 20.8. The van der Waals surface area contributed by atoms with Gasteiger partial charge in [-0.25, -0.2) is 0 Å². The number of nitrogens with zero attached hydrogens (tertiary/aromatic N) is 7. The van der Waals surface area contributed by atoms with Gasteiger partial charge in [0.25, 0.3) is 5.95 Å². The van der Waals surface area contributed by atoms with Gasteiger partial charge in [-0.15, -0.1) is 18.3 Å². The molecule has 4 rings (SSSR count). The van der Waals surface area contributed by atoms with Gasteiger partial charge in [0.2, 0.25) is 5.91 Å². The first-order valence-corrected chi connectivity index (χ1v) is 13.4. The molecule has 3 aromatic rings. The van der Waals surface area contributed by atoms with Crippen LogP contribution in [0.5, 0.6) is 5.75 Å². The summed E-state index contributed by atoms with van der Waals surface area (Å²) in [5.41, 5.74) is -3.24. The molecule has 45 heavy (non-hydrogen) atoms. The molecule has 18 heteroatoms. The average Bonchev–Trinajstić information content (AvgIpc) is 3.34. The molecule has 9 nitrogen and oxygen atoms in total. The minimum absolute atomic E-state index is 0.00147. The zero-order chi connectivity index (χ0) is 33.5. The van der Waals surface area contributed by atoms with E-state index in [2.05, 4.69) is 20.1 Å². The van der Waals surface area contributed by atoms with Crippen LogP contribution in [0.1, 0.15) is 48.1 Å². The molecule has 1 aliphatic rings. The number of likely N-dealkylation sites (N-methyl/N-ethyl adjacent to an activating group) is 1. The normalized spacial score (nSPS) is 17.4. The number of hydrogen-bond acceptors (Lipinski definition) is 7. The van der Waals surface area contributed by atoms with Crippen LogP contribution in [0.4, 0.5) is 51.1 Å². The number of carbonyl (C=O) groups excluding carboxylic acids is 1. The molecule has 0 radical (unpaired) electrons. The van der Waals surface area contributed by atoms with Crippen molar-refractivity contribution >= 4 is 17.5 Å². The fourth-order valence-corrected chi connectivity index (χ4v) is 5.25. The van der Waals surface area contributed by atoms with Crippen LogP contribution < -0.4 is 14.5 Å². The summed E-state index contributed by atoms with van der Waals surface area (Å²) in [5.74, 6) is -1.25. The van der Waals surface area contributed by atoms with Gasteiger partial charge in [0.05, 0.1) is 30.8 Å². The fourth-order valence-electron chi connectivity index (χ4n) is 5.25. The largest absolute Gasteiger partial charge is 0.573 e. The van der Waals surface area contributed by atoms with Crippen molar-refractivity contribution in [3.63, 3.8) is 0 Å². The summed E-state index contributed by atoms with van der Waals surface area (Å²) in [7, 11) is 4.68. The summed E-state index contributed by atoms with van der Waals surface area (Å²) < 4.78 is 126. The quantitative estimate of drug-likeness (QED) is 0.277. The number of amides is 1. The number of aromatic nitrogens is 4. The van der Waals surface area contributed by atoms with E-state index in [0.717, 1.165) is 16.9 Å². The van der Waals surface area contributed by atoms with Crippen molar-refractivity contribution in [1.29, 1.82) is 0 Å². The van der Waals surface area contributed by atoms with Gasteiger partial charge >= 0.3 is 18.7 Å². The van der Waals surface area contributed by atoms with E-state index in [1.165, 1.54) is 22.9 Å². The van der Waals surface area contributed by atoms with Crippen LogP contribution in [0.3, 0.4) is 0 Å². The molecular weight excluding hydrogens is 625 g/mol. The summed E-state index contributed by atoms with van der Waals surface area (Å²) in [6.45, 7) is 1.08. The lowest BCUT2D eigenvalue weighted by Crippen LogP contribution is -2.50. The molecule has 1 aliphatic heterocycles. The molecule has 0 saturated carbocycles. The van der Waals surface area contributed by atoms with Gasteiger partial charge in [0, 0.05) is 23.8 Å². The van der Waals surface area contributed by atoms with Crippen molar-refractivity contribution in [3.8, 4) is 5.75 Å². The standard InChI is InChI=1S/C27H28F9N7O2/c1-5-18-11-22(20-12-19(45-27(34,35)36)6-7-21(20)43(18)23(44)14-40(2)3)42(24-37-39-41(4)38-24)13-15-8-16(25(28,29)30)10-17(9-15)26(31,32)33/h6-10,12,18,22H,5,11,13-14H2,1-4H3. The molecule has 246 valence electrons. The van der Waals surface area contributed by atoms with Crippen molar-refractivity contribution in [3.05, 3.63) is 58.7 Å². The zero-order valence-corrected chi connectivity index (χ0v) is 24.3. The van der Waals surface area contributed by atoms with Gasteiger partial charge < -0.3 is 19.4 Å². The molecule has 0 aliphatic carbocycles. The third-order valence-corrected chi connectivity index (χ3v) is 7.03. The maximum atomic E-state index is 13.7. The van der Waals surface area contributed by atoms with E-state index in [4.69, 9.17) is 0 Å². The topological polar surface area (TPSA) is 79.6 Å². The molecule has 0 fully saturated rings. The van der Waals surface area contributed by atoms with Crippen molar-refractivity contribution in [1.82, 2.24) is 25.1 Å². The van der Waals surface area contributed by atoms with Gasteiger partial charge in [-0.3, -0.25) is 4.79 Å². The second kappa shape index (κ2) is 12.4. The van der Waals surface area contributed by atoms with Crippen LogP contribution in [0.25, 0.3) is 0 Å². The summed E-state index contributed by atoms with van der Waals surface area (Å²) in [4.78, 5) is 18.7. The van der Waals surface area contributed by atoms with E-state index in [1.807, 2.05) is 0 Å². The van der Waals surface area contributed by atoms with E-state index in [1.54, 1.807) is 25.9 Å². The lowest BCUT2D eigenvalue weighted by atomic mass is 9.88. The Hall–Kier alpha value is -4.09. The molecule has 1 amide bonds. The maximum absolute atomic E-state index is 13.7. The monoisotopic (exact) mass is 653 g/mol. The number of ether oxygens (including phenoxy) is 1. The van der Waals surface area contributed by atoms with Crippen LogP contribution in [0.2, 0.25) is 0 Å². The second-order valence-electron chi connectivity index (χ2n) is 10.7. The number of halogens is 9. The highest BCUT2D eigenvalue weighted by molar-refractivity contribution is 5.97. The van der Waals surface area contributed by atoms with Crippen LogP contribution in [-0.2, 0) is 30.7 Å². The third-order valence-electron chi connectivity index (χ3n) is 7.03. The molecule has 0 saturated heterocycles. The van der Waals surface area contributed by atoms with Crippen molar-refractivity contribution in [2.75, 3.05) is 30.4 Å². The van der Waals surface area contributed by atoms with E-state index < -0.39 is 59.8 Å². The molecule has 0 bridgehead atoms. The maximum Gasteiger partial charge on any atom is 0.573 e. The SMILES string of the molecule is CCC1CC(N(Cc2cc(C(F)(F)F)cc(C(F)(F)F)c2)c2nnn(C)n2)c2cc(OC(F)(F)F)ccc2N1C(=O)CN(C)C. The van der Waals surface area contributed by atoms with Crippen LogP contribution >= 0.6 is 0 Å². The van der Waals surface area contributed by atoms with Gasteiger partial charge in [-0.05, 0) is 74.1 Å². The van der Waals surface area contributed by atoms with E-state index in [9.17, 15) is 44.3 Å². The molecule has 2 atom stereocenters. The number of fused-ring (bicyclic) bond motifs is 1. The minimum Gasteiger partial charge on any atom is -0.406 e. The number of benzene rings is 2. The predicted molar refractivity (Wildman–Crippen MR) is 142 cm³/mol. The average molecular weight is 654 g/mol.